The van der Waals surface area contributed by atoms with E-state index in [1.165, 1.54) is 197 Å². The highest BCUT2D eigenvalue weighted by molar-refractivity contribution is 7.27. The molecule has 0 bridgehead atoms. The van der Waals surface area contributed by atoms with Gasteiger partial charge in [0, 0.05) is 58.4 Å². The molecule has 0 radical (unpaired) electrons. The van der Waals surface area contributed by atoms with Crippen LogP contribution >= 0.6 is 34.0 Å². The van der Waals surface area contributed by atoms with Crippen molar-refractivity contribution in [1.29, 1.82) is 0 Å². The molecule has 0 saturated carbocycles. The van der Waals surface area contributed by atoms with Gasteiger partial charge in [0.1, 0.15) is 0 Å². The van der Waals surface area contributed by atoms with Gasteiger partial charge in [-0.25, -0.2) is 0 Å². The molecule has 3 aliphatic rings. The van der Waals surface area contributed by atoms with Gasteiger partial charge in [-0.3, -0.25) is 4.79 Å². The molecule has 3 aliphatic carbocycles. The lowest BCUT2D eigenvalue weighted by atomic mass is 9.70. The van der Waals surface area contributed by atoms with E-state index in [4.69, 9.17) is 0 Å². The average molecular weight is 1200 g/mol. The maximum absolute atomic E-state index is 11.9. The molecule has 5 heteroatoms. The zero-order valence-electron chi connectivity index (χ0n) is 52.2. The lowest BCUT2D eigenvalue weighted by Gasteiger charge is -2.35. The Bertz CT molecular complexity index is 3940. The zero-order chi connectivity index (χ0) is 59.7. The van der Waals surface area contributed by atoms with Crippen molar-refractivity contribution in [3.8, 4) is 74.5 Å². The van der Waals surface area contributed by atoms with Gasteiger partial charge >= 0.3 is 0 Å². The summed E-state index contributed by atoms with van der Waals surface area (Å²) >= 11 is 5.34. The molecule has 87 heavy (non-hydrogen) atoms. The Kier molecular flexibility index (Phi) is 17.2. The minimum absolute atomic E-state index is 0.00905. The fourth-order valence-corrected chi connectivity index (χ4v) is 19.2. The number of nitrogens with zero attached hydrogens (tertiary/aromatic N) is 1. The Morgan fingerprint density at radius 2 is 0.701 bits per heavy atom. The zero-order valence-corrected chi connectivity index (χ0v) is 54.7. The average Bonchev–Trinajstić information content (AvgIpc) is 1.66. The van der Waals surface area contributed by atoms with Gasteiger partial charge in [0.05, 0.1) is 9.75 Å². The molecule has 0 atom stereocenters. The van der Waals surface area contributed by atoms with E-state index < -0.39 is 0 Å². The summed E-state index contributed by atoms with van der Waals surface area (Å²) in [4.78, 5) is 21.4. The summed E-state index contributed by atoms with van der Waals surface area (Å²) in [5.41, 5.74) is 24.9. The first-order valence-corrected chi connectivity index (χ1v) is 35.6. The fourth-order valence-electron chi connectivity index (χ4n) is 15.9. The van der Waals surface area contributed by atoms with Gasteiger partial charge in [-0.05, 0) is 189 Å². The standard InChI is InChI=1S/C82H85NOS3/c1-7-13-45-80(46-14-8-2)69-28-22-19-25-62(69)65-39-33-57(51-72(65)80)68-54-78(87-79(68)77-44-43-76(86-77)75-42-38-61(55-84)85-75)56-31-34-58(35-32-56)83(59-36-40-66-63-26-20-23-29-70(63)81(47-15-9-3,48-16-10-4)73(66)52-59)60-37-41-67-64-27-21-24-30-71(64)82(49-17-11-5,50-18-12-6)74(67)53-60/h19-44,51-55H,7-18,45-50H2,1-6H3. The molecule has 13 rings (SSSR count). The third-order valence-corrected chi connectivity index (χ3v) is 24.0. The Hall–Kier alpha value is -6.89. The number of hydrogen-bond donors (Lipinski definition) is 0. The molecule has 10 aromatic rings. The number of aldehydes is 1. The van der Waals surface area contributed by atoms with Crippen molar-refractivity contribution < 1.29 is 4.79 Å². The van der Waals surface area contributed by atoms with Crippen LogP contribution in [0, 0.1) is 0 Å². The SMILES string of the molecule is CCCCC1(CCCC)c2ccccc2-c2ccc(-c3cc(-c4ccc(N(c5ccc6c(c5)C(CCCC)(CCCC)c5ccccc5-6)c5ccc6c(c5)C(CCCC)(CCCC)c5ccccc5-6)cc4)sc3-c3ccc(-c4ccc(C=O)s4)s3)cc21. The molecular formula is C82H85NOS3. The number of carbonyl (C=O) groups excluding carboxylic acids is 1. The summed E-state index contributed by atoms with van der Waals surface area (Å²) in [6.45, 7) is 14.1. The molecular weight excluding hydrogens is 1110 g/mol. The Morgan fingerprint density at radius 3 is 1.15 bits per heavy atom. The largest absolute Gasteiger partial charge is 0.310 e. The molecule has 7 aromatic carbocycles. The smallest absolute Gasteiger partial charge is 0.160 e. The first-order valence-electron chi connectivity index (χ1n) is 33.2. The van der Waals surface area contributed by atoms with E-state index in [2.05, 4.69) is 222 Å². The number of fused-ring (bicyclic) bond motifs is 9. The van der Waals surface area contributed by atoms with Crippen molar-refractivity contribution in [2.24, 2.45) is 0 Å². The van der Waals surface area contributed by atoms with Crippen molar-refractivity contribution in [2.45, 2.75) is 173 Å². The third-order valence-electron chi connectivity index (χ3n) is 20.3. The van der Waals surface area contributed by atoms with E-state index in [1.54, 1.807) is 11.3 Å². The van der Waals surface area contributed by atoms with Gasteiger partial charge < -0.3 is 4.90 Å². The molecule has 3 aromatic heterocycles. The van der Waals surface area contributed by atoms with Gasteiger partial charge in [0.25, 0.3) is 0 Å². The Labute approximate surface area is 531 Å². The van der Waals surface area contributed by atoms with E-state index in [-0.39, 0.29) is 16.2 Å². The van der Waals surface area contributed by atoms with E-state index in [1.807, 2.05) is 28.7 Å². The van der Waals surface area contributed by atoms with Crippen molar-refractivity contribution in [2.75, 3.05) is 4.90 Å². The Morgan fingerprint density at radius 1 is 0.322 bits per heavy atom. The van der Waals surface area contributed by atoms with Crippen LogP contribution in [0.3, 0.4) is 0 Å². The maximum atomic E-state index is 11.9. The topological polar surface area (TPSA) is 20.3 Å². The van der Waals surface area contributed by atoms with Crippen molar-refractivity contribution >= 4 is 57.4 Å². The molecule has 0 unspecified atom stereocenters. The summed E-state index contributed by atoms with van der Waals surface area (Å²) in [5, 5.41) is 0. The van der Waals surface area contributed by atoms with Crippen LogP contribution in [-0.4, -0.2) is 6.29 Å². The monoisotopic (exact) mass is 1200 g/mol. The highest BCUT2D eigenvalue weighted by Gasteiger charge is 2.45. The van der Waals surface area contributed by atoms with Crippen molar-refractivity contribution in [3.63, 3.8) is 0 Å². The number of unbranched alkanes of at least 4 members (excludes halogenated alkanes) is 6. The lowest BCUT2D eigenvalue weighted by Crippen LogP contribution is -2.26. The normalized spacial score (nSPS) is 14.3. The minimum atomic E-state index is -0.0337. The molecule has 3 heterocycles. The second kappa shape index (κ2) is 25.3. The quantitative estimate of drug-likeness (QED) is 0.0504. The summed E-state index contributed by atoms with van der Waals surface area (Å²) in [6, 6.07) is 71.3. The van der Waals surface area contributed by atoms with Gasteiger partial charge in [0.2, 0.25) is 0 Å². The van der Waals surface area contributed by atoms with Crippen LogP contribution in [0.1, 0.15) is 200 Å². The summed E-state index contributed by atoms with van der Waals surface area (Å²) in [5.74, 6) is 0. The molecule has 2 nitrogen and oxygen atoms in total. The van der Waals surface area contributed by atoms with E-state index in [0.717, 1.165) is 54.6 Å². The highest BCUT2D eigenvalue weighted by Crippen LogP contribution is 2.60. The number of benzene rings is 7. The van der Waals surface area contributed by atoms with Crippen LogP contribution in [0.25, 0.3) is 74.5 Å². The number of carbonyl (C=O) groups is 1. The molecule has 0 fully saturated rings. The minimum Gasteiger partial charge on any atom is -0.310 e. The predicted molar refractivity (Wildman–Crippen MR) is 378 cm³/mol. The number of hydrogen-bond acceptors (Lipinski definition) is 5. The second-order valence-corrected chi connectivity index (χ2v) is 28.7. The predicted octanol–water partition coefficient (Wildman–Crippen LogP) is 25.8. The molecule has 0 saturated heterocycles. The van der Waals surface area contributed by atoms with Gasteiger partial charge in [-0.2, -0.15) is 0 Å². The number of anilines is 3. The first kappa shape index (κ1) is 59.1. The van der Waals surface area contributed by atoms with E-state index >= 15 is 0 Å². The van der Waals surface area contributed by atoms with Gasteiger partial charge in [-0.15, -0.1) is 34.0 Å². The summed E-state index contributed by atoms with van der Waals surface area (Å²) in [6.07, 6.45) is 22.2. The van der Waals surface area contributed by atoms with E-state index in [0.29, 0.717) is 0 Å². The molecule has 0 amide bonds. The van der Waals surface area contributed by atoms with Gasteiger partial charge in [0.15, 0.2) is 6.29 Å². The fraction of sp³-hybridized carbons (Fsp3) is 0.329. The van der Waals surface area contributed by atoms with Crippen LogP contribution in [0.4, 0.5) is 17.1 Å². The van der Waals surface area contributed by atoms with Crippen LogP contribution in [0.15, 0.2) is 182 Å². The van der Waals surface area contributed by atoms with Crippen LogP contribution < -0.4 is 4.90 Å². The van der Waals surface area contributed by atoms with Gasteiger partial charge in [-0.1, -0.05) is 228 Å². The lowest BCUT2D eigenvalue weighted by molar-refractivity contribution is 0.112. The molecule has 442 valence electrons. The number of rotatable bonds is 26. The summed E-state index contributed by atoms with van der Waals surface area (Å²) in [7, 11) is 0. The molecule has 0 spiro atoms. The number of thiophene rings is 3. The van der Waals surface area contributed by atoms with Crippen LogP contribution in [0.5, 0.6) is 0 Å². The molecule has 0 aliphatic heterocycles. The van der Waals surface area contributed by atoms with E-state index in [9.17, 15) is 4.79 Å². The van der Waals surface area contributed by atoms with Crippen molar-refractivity contribution in [3.05, 3.63) is 220 Å². The van der Waals surface area contributed by atoms with Crippen LogP contribution in [0.2, 0.25) is 0 Å². The van der Waals surface area contributed by atoms with Crippen LogP contribution in [-0.2, 0) is 16.2 Å². The second-order valence-electron chi connectivity index (χ2n) is 25.4. The molecule has 0 N–H and O–H groups in total. The highest BCUT2D eigenvalue weighted by atomic mass is 32.1. The Balaban J connectivity index is 0.968. The maximum Gasteiger partial charge on any atom is 0.160 e. The van der Waals surface area contributed by atoms with Crippen molar-refractivity contribution in [1.82, 2.24) is 0 Å². The third kappa shape index (κ3) is 10.4. The first-order chi connectivity index (χ1) is 42.8. The summed E-state index contributed by atoms with van der Waals surface area (Å²) < 4.78 is 0.